The molecule has 1 aliphatic heterocycles. The summed E-state index contributed by atoms with van der Waals surface area (Å²) in [6, 6.07) is 9.11. The number of rotatable bonds is 9. The zero-order valence-corrected chi connectivity index (χ0v) is 20.5. The Bertz CT molecular complexity index is 1300. The molecular formula is C24H23ClFN7O4. The van der Waals surface area contributed by atoms with Gasteiger partial charge in [0.2, 0.25) is 12.0 Å². The Morgan fingerprint density at radius 3 is 2.70 bits per heavy atom. The van der Waals surface area contributed by atoms with Crippen LogP contribution in [-0.2, 0) is 25.7 Å². The lowest BCUT2D eigenvalue weighted by atomic mass is 10.1. The lowest BCUT2D eigenvalue weighted by Crippen LogP contribution is -2.46. The summed E-state index contributed by atoms with van der Waals surface area (Å²) in [4.78, 5) is 38.8. The molecule has 2 amide bonds. The average Bonchev–Trinajstić information content (AvgIpc) is 3.59. The number of halogens is 2. The fraction of sp³-hybridized carbons (Fsp3) is 0.292. The maximum atomic E-state index is 13.5. The molecule has 1 aromatic heterocycles. The van der Waals surface area contributed by atoms with E-state index in [0.717, 1.165) is 17.1 Å². The third-order valence-electron chi connectivity index (χ3n) is 5.55. The Kier molecular flexibility index (Phi) is 8.18. The van der Waals surface area contributed by atoms with E-state index in [4.69, 9.17) is 16.3 Å². The van der Waals surface area contributed by atoms with Crippen molar-refractivity contribution in [3.63, 3.8) is 0 Å². The standard InChI is InChI=1S/C24H23ClFN7O4/c1-2-3-21(34)37-22(15-4-7-18(26)8-5-15)24(36)33-20(10-11-29-33)23(35)27-13-16-12-17(25)6-9-19(16)32-14-28-30-31-32/h4-9,11-12,14,20,22H,2-3,10,13H2,1H3,(H,27,35)/t20-,22+/m0/s1. The molecule has 2 heterocycles. The number of hydrazone groups is 1. The van der Waals surface area contributed by atoms with E-state index in [2.05, 4.69) is 25.9 Å². The predicted molar refractivity (Wildman–Crippen MR) is 130 cm³/mol. The molecule has 11 nitrogen and oxygen atoms in total. The van der Waals surface area contributed by atoms with Crippen molar-refractivity contribution in [2.45, 2.75) is 44.9 Å². The van der Waals surface area contributed by atoms with Crippen molar-refractivity contribution in [1.29, 1.82) is 0 Å². The number of tetrazole rings is 1. The Balaban J connectivity index is 1.50. The van der Waals surface area contributed by atoms with Gasteiger partial charge in [0.15, 0.2) is 0 Å². The molecule has 0 saturated carbocycles. The Morgan fingerprint density at radius 1 is 1.22 bits per heavy atom. The van der Waals surface area contributed by atoms with Gasteiger partial charge in [-0.15, -0.1) is 5.10 Å². The van der Waals surface area contributed by atoms with Gasteiger partial charge in [0.25, 0.3) is 5.91 Å². The second-order valence-corrected chi connectivity index (χ2v) is 8.59. The Hall–Kier alpha value is -4.19. The number of ether oxygens (including phenoxy) is 1. The van der Waals surface area contributed by atoms with E-state index >= 15 is 0 Å². The highest BCUT2D eigenvalue weighted by atomic mass is 35.5. The number of amides is 2. The number of carbonyl (C=O) groups is 3. The first-order chi connectivity index (χ1) is 17.9. The van der Waals surface area contributed by atoms with Crippen molar-refractivity contribution < 1.29 is 23.5 Å². The smallest absolute Gasteiger partial charge is 0.306 e. The van der Waals surface area contributed by atoms with Gasteiger partial charge in [-0.2, -0.15) is 5.10 Å². The highest BCUT2D eigenvalue weighted by Crippen LogP contribution is 2.26. The normalized spacial score (nSPS) is 15.4. The quantitative estimate of drug-likeness (QED) is 0.423. The molecule has 0 radical (unpaired) electrons. The highest BCUT2D eigenvalue weighted by Gasteiger charge is 2.38. The van der Waals surface area contributed by atoms with Gasteiger partial charge in [0, 0.05) is 36.2 Å². The third kappa shape index (κ3) is 6.15. The monoisotopic (exact) mass is 527 g/mol. The summed E-state index contributed by atoms with van der Waals surface area (Å²) in [5, 5.41) is 19.4. The zero-order valence-electron chi connectivity index (χ0n) is 19.8. The molecule has 1 N–H and O–H groups in total. The van der Waals surface area contributed by atoms with Gasteiger partial charge in [0.05, 0.1) is 5.69 Å². The minimum Gasteiger partial charge on any atom is -0.447 e. The van der Waals surface area contributed by atoms with Crippen LogP contribution in [0.5, 0.6) is 0 Å². The number of carbonyl (C=O) groups excluding carboxylic acids is 3. The number of hydrogen-bond donors (Lipinski definition) is 1. The highest BCUT2D eigenvalue weighted by molar-refractivity contribution is 6.30. The molecule has 3 aromatic rings. The number of nitrogens with one attached hydrogen (secondary N) is 1. The summed E-state index contributed by atoms with van der Waals surface area (Å²) in [6.07, 6.45) is 2.24. The van der Waals surface area contributed by atoms with Crippen LogP contribution in [-0.4, -0.2) is 55.3 Å². The topological polar surface area (TPSA) is 132 Å². The van der Waals surface area contributed by atoms with E-state index in [-0.39, 0.29) is 24.9 Å². The van der Waals surface area contributed by atoms with Gasteiger partial charge >= 0.3 is 5.97 Å². The summed E-state index contributed by atoms with van der Waals surface area (Å²) in [6.45, 7) is 1.87. The van der Waals surface area contributed by atoms with Crippen LogP contribution in [0.4, 0.5) is 4.39 Å². The molecule has 192 valence electrons. The second kappa shape index (κ2) is 11.7. The first kappa shape index (κ1) is 25.9. The molecule has 0 bridgehead atoms. The molecule has 2 aromatic carbocycles. The van der Waals surface area contributed by atoms with Gasteiger partial charge in [0.1, 0.15) is 18.2 Å². The van der Waals surface area contributed by atoms with Crippen molar-refractivity contribution in [3.8, 4) is 5.69 Å². The minimum absolute atomic E-state index is 0.0694. The van der Waals surface area contributed by atoms with Crippen molar-refractivity contribution >= 4 is 35.6 Å². The summed E-state index contributed by atoms with van der Waals surface area (Å²) in [7, 11) is 0. The molecule has 0 fully saturated rings. The van der Waals surface area contributed by atoms with E-state index in [1.165, 1.54) is 29.4 Å². The van der Waals surface area contributed by atoms with Crippen LogP contribution in [0.25, 0.3) is 5.69 Å². The van der Waals surface area contributed by atoms with Crippen LogP contribution in [0.2, 0.25) is 5.02 Å². The van der Waals surface area contributed by atoms with Crippen molar-refractivity contribution in [2.24, 2.45) is 5.10 Å². The lowest BCUT2D eigenvalue weighted by molar-refractivity contribution is -0.162. The lowest BCUT2D eigenvalue weighted by Gasteiger charge is -2.26. The van der Waals surface area contributed by atoms with E-state index < -0.39 is 35.7 Å². The molecule has 4 rings (SSSR count). The van der Waals surface area contributed by atoms with Gasteiger partial charge in [-0.05, 0) is 52.7 Å². The first-order valence-corrected chi connectivity index (χ1v) is 11.8. The fourth-order valence-electron chi connectivity index (χ4n) is 3.75. The maximum Gasteiger partial charge on any atom is 0.306 e. The maximum absolute atomic E-state index is 13.5. The van der Waals surface area contributed by atoms with Crippen LogP contribution >= 0.6 is 11.6 Å². The fourth-order valence-corrected chi connectivity index (χ4v) is 3.94. The summed E-state index contributed by atoms with van der Waals surface area (Å²) in [5.41, 5.74) is 1.52. The number of esters is 1. The van der Waals surface area contributed by atoms with Crippen LogP contribution in [0.1, 0.15) is 43.4 Å². The number of aromatic nitrogens is 4. The zero-order chi connectivity index (χ0) is 26.4. The van der Waals surface area contributed by atoms with Gasteiger partial charge in [-0.25, -0.2) is 14.1 Å². The minimum atomic E-state index is -1.38. The summed E-state index contributed by atoms with van der Waals surface area (Å²) in [5.74, 6) is -2.30. The molecule has 37 heavy (non-hydrogen) atoms. The van der Waals surface area contributed by atoms with Crippen LogP contribution < -0.4 is 5.32 Å². The third-order valence-corrected chi connectivity index (χ3v) is 5.78. The molecular weight excluding hydrogens is 505 g/mol. The second-order valence-electron chi connectivity index (χ2n) is 8.15. The molecule has 0 spiro atoms. The van der Waals surface area contributed by atoms with Crippen LogP contribution in [0.3, 0.4) is 0 Å². The predicted octanol–water partition coefficient (Wildman–Crippen LogP) is 2.74. The van der Waals surface area contributed by atoms with Crippen molar-refractivity contribution in [2.75, 3.05) is 0 Å². The van der Waals surface area contributed by atoms with E-state index in [9.17, 15) is 18.8 Å². The number of benzene rings is 2. The van der Waals surface area contributed by atoms with E-state index in [1.807, 2.05) is 0 Å². The average molecular weight is 528 g/mol. The SMILES string of the molecule is CCCC(=O)O[C@@H](C(=O)N1N=CC[C@H]1C(=O)NCc1cc(Cl)ccc1-n1cnnn1)c1ccc(F)cc1. The first-order valence-electron chi connectivity index (χ1n) is 11.5. The van der Waals surface area contributed by atoms with Gasteiger partial charge in [-0.1, -0.05) is 30.7 Å². The molecule has 0 aliphatic carbocycles. The molecule has 2 atom stereocenters. The molecule has 1 aliphatic rings. The largest absolute Gasteiger partial charge is 0.447 e. The summed E-state index contributed by atoms with van der Waals surface area (Å²) < 4.78 is 20.3. The van der Waals surface area contributed by atoms with E-state index in [0.29, 0.717) is 22.7 Å². The molecule has 0 saturated heterocycles. The van der Waals surface area contributed by atoms with E-state index in [1.54, 1.807) is 25.1 Å². The molecule has 0 unspecified atom stereocenters. The van der Waals surface area contributed by atoms with Crippen LogP contribution in [0, 0.1) is 5.82 Å². The summed E-state index contributed by atoms with van der Waals surface area (Å²) >= 11 is 6.14. The number of hydrogen-bond acceptors (Lipinski definition) is 8. The Morgan fingerprint density at radius 2 is 2.00 bits per heavy atom. The van der Waals surface area contributed by atoms with Gasteiger partial charge in [-0.3, -0.25) is 14.4 Å². The van der Waals surface area contributed by atoms with Crippen molar-refractivity contribution in [3.05, 3.63) is 70.8 Å². The van der Waals surface area contributed by atoms with Gasteiger partial charge < -0.3 is 10.1 Å². The molecule has 13 heteroatoms. The number of nitrogens with zero attached hydrogens (tertiary/aromatic N) is 6. The van der Waals surface area contributed by atoms with Crippen LogP contribution in [0.15, 0.2) is 53.9 Å². The Labute approximate surface area is 216 Å². The van der Waals surface area contributed by atoms with Crippen molar-refractivity contribution in [1.82, 2.24) is 30.5 Å².